The molecule has 0 fully saturated rings. The summed E-state index contributed by atoms with van der Waals surface area (Å²) in [7, 11) is 1.93. The van der Waals surface area contributed by atoms with Gasteiger partial charge >= 0.3 is 0 Å². The Morgan fingerprint density at radius 2 is 1.78 bits per heavy atom. The average molecular weight is 121 g/mol. The third kappa shape index (κ3) is 1.56. The zero-order valence-electron chi connectivity index (χ0n) is 5.26. The molecular weight excluding hydrogens is 114 g/mol. The summed E-state index contributed by atoms with van der Waals surface area (Å²) in [5, 5.41) is 0. The summed E-state index contributed by atoms with van der Waals surface area (Å²) in [6.45, 7) is 1.92. The van der Waals surface area contributed by atoms with E-state index in [1.807, 2.05) is 14.1 Å². The van der Waals surface area contributed by atoms with Crippen LogP contribution in [0.2, 0.25) is 6.82 Å². The van der Waals surface area contributed by atoms with E-state index in [1.54, 1.807) is 12.1 Å². The van der Waals surface area contributed by atoms with Crippen molar-refractivity contribution in [1.82, 2.24) is 0 Å². The van der Waals surface area contributed by atoms with Gasteiger partial charge in [0.1, 0.15) is 13.1 Å². The molecule has 1 rings (SSSR count). The third-order valence-electron chi connectivity index (χ3n) is 1.20. The molecule has 1 aromatic rings. The summed E-state index contributed by atoms with van der Waals surface area (Å²) in [6, 6.07) is 6.40. The third-order valence-corrected chi connectivity index (χ3v) is 1.20. The highest BCUT2D eigenvalue weighted by Gasteiger charge is 1.88. The van der Waals surface area contributed by atoms with E-state index in [4.69, 9.17) is 0 Å². The van der Waals surface area contributed by atoms with Crippen molar-refractivity contribution in [1.29, 1.82) is 0 Å². The van der Waals surface area contributed by atoms with Crippen LogP contribution in [-0.2, 0) is 0 Å². The highest BCUT2D eigenvalue weighted by molar-refractivity contribution is 6.51. The molecule has 0 N–H and O–H groups in total. The van der Waals surface area contributed by atoms with E-state index < -0.39 is 0 Å². The van der Waals surface area contributed by atoms with Gasteiger partial charge in [-0.3, -0.25) is 0 Å². The largest absolute Gasteiger partial charge is 0.207 e. The van der Waals surface area contributed by atoms with Gasteiger partial charge < -0.3 is 0 Å². The first-order chi connectivity index (χ1) is 4.33. The van der Waals surface area contributed by atoms with Crippen molar-refractivity contribution in [3.63, 3.8) is 0 Å². The first-order valence-corrected chi connectivity index (χ1v) is 2.88. The molecule has 1 radical (unpaired) electrons. The van der Waals surface area contributed by atoms with Crippen molar-refractivity contribution >= 4 is 12.7 Å². The fraction of sp³-hybridized carbons (Fsp3) is 0.143. The Hall–Kier alpha value is -0.785. The lowest BCUT2D eigenvalue weighted by Crippen LogP contribution is -2.08. The highest BCUT2D eigenvalue weighted by atomic mass is 19.1. The molecule has 2 heteroatoms. The summed E-state index contributed by atoms with van der Waals surface area (Å²) in [5.41, 5.74) is 1.05. The summed E-state index contributed by atoms with van der Waals surface area (Å²) in [5.74, 6) is -0.180. The van der Waals surface area contributed by atoms with Gasteiger partial charge in [0.2, 0.25) is 0 Å². The standard InChI is InChI=1S/C7H7BF/c1-8-6-2-4-7(9)5-3-6/h2-5H,1H3. The second-order valence-corrected chi connectivity index (χ2v) is 1.84. The van der Waals surface area contributed by atoms with Crippen LogP contribution in [0.4, 0.5) is 4.39 Å². The van der Waals surface area contributed by atoms with E-state index >= 15 is 0 Å². The summed E-state index contributed by atoms with van der Waals surface area (Å²) in [6.07, 6.45) is 0. The van der Waals surface area contributed by atoms with Crippen LogP contribution in [-0.4, -0.2) is 7.28 Å². The SMILES string of the molecule is C[B]c1ccc(F)cc1. The Labute approximate surface area is 54.9 Å². The number of hydrogen-bond donors (Lipinski definition) is 0. The van der Waals surface area contributed by atoms with Gasteiger partial charge in [0.25, 0.3) is 0 Å². The quantitative estimate of drug-likeness (QED) is 0.489. The highest BCUT2D eigenvalue weighted by Crippen LogP contribution is 1.90. The van der Waals surface area contributed by atoms with Crippen molar-refractivity contribution < 1.29 is 4.39 Å². The molecule has 0 saturated carbocycles. The van der Waals surface area contributed by atoms with Crippen LogP contribution in [0, 0.1) is 5.82 Å². The monoisotopic (exact) mass is 121 g/mol. The van der Waals surface area contributed by atoms with Crippen LogP contribution in [0.3, 0.4) is 0 Å². The van der Waals surface area contributed by atoms with Gasteiger partial charge in [0.15, 0.2) is 0 Å². The molecule has 0 saturated heterocycles. The van der Waals surface area contributed by atoms with Gasteiger partial charge in [0, 0.05) is 0 Å². The smallest absolute Gasteiger partial charge is 0.148 e. The molecule has 9 heavy (non-hydrogen) atoms. The maximum atomic E-state index is 12.2. The second kappa shape index (κ2) is 2.67. The maximum Gasteiger partial charge on any atom is 0.148 e. The molecule has 0 amide bonds. The fourth-order valence-corrected chi connectivity index (χ4v) is 0.655. The van der Waals surface area contributed by atoms with Crippen molar-refractivity contribution in [3.8, 4) is 0 Å². The van der Waals surface area contributed by atoms with Crippen LogP contribution in [0.1, 0.15) is 0 Å². The molecule has 0 unspecified atom stereocenters. The Morgan fingerprint density at radius 1 is 1.22 bits per heavy atom. The first-order valence-electron chi connectivity index (χ1n) is 2.88. The van der Waals surface area contributed by atoms with E-state index in [1.165, 1.54) is 12.1 Å². The van der Waals surface area contributed by atoms with Crippen LogP contribution >= 0.6 is 0 Å². The summed E-state index contributed by atoms with van der Waals surface area (Å²) in [4.78, 5) is 0. The Morgan fingerprint density at radius 3 is 2.22 bits per heavy atom. The minimum absolute atomic E-state index is 0.180. The zero-order valence-corrected chi connectivity index (χ0v) is 5.26. The lowest BCUT2D eigenvalue weighted by atomic mass is 9.73. The topological polar surface area (TPSA) is 0 Å². The minimum atomic E-state index is -0.180. The average Bonchev–Trinajstić information content (AvgIpc) is 1.90. The maximum absolute atomic E-state index is 12.2. The van der Waals surface area contributed by atoms with Crippen LogP contribution in [0.25, 0.3) is 0 Å². The van der Waals surface area contributed by atoms with E-state index in [2.05, 4.69) is 0 Å². The van der Waals surface area contributed by atoms with Crippen LogP contribution in [0.5, 0.6) is 0 Å². The molecule has 45 valence electrons. The lowest BCUT2D eigenvalue weighted by Gasteiger charge is -1.91. The van der Waals surface area contributed by atoms with Crippen LogP contribution in [0.15, 0.2) is 24.3 Å². The van der Waals surface area contributed by atoms with Gasteiger partial charge in [-0.2, -0.15) is 0 Å². The Balaban J connectivity index is 2.88. The van der Waals surface area contributed by atoms with Gasteiger partial charge in [-0.05, 0) is 12.1 Å². The van der Waals surface area contributed by atoms with Gasteiger partial charge in [0.05, 0.1) is 0 Å². The molecule has 0 bridgehead atoms. The molecule has 0 aliphatic heterocycles. The molecular formula is C7H7BF. The summed E-state index contributed by atoms with van der Waals surface area (Å²) >= 11 is 0. The van der Waals surface area contributed by atoms with Gasteiger partial charge in [-0.25, -0.2) is 4.39 Å². The molecule has 0 nitrogen and oxygen atoms in total. The zero-order chi connectivity index (χ0) is 6.69. The predicted molar refractivity (Wildman–Crippen MR) is 37.7 cm³/mol. The normalized spacial score (nSPS) is 9.11. The number of hydrogen-bond acceptors (Lipinski definition) is 0. The first kappa shape index (κ1) is 6.34. The van der Waals surface area contributed by atoms with Crippen molar-refractivity contribution in [2.24, 2.45) is 0 Å². The van der Waals surface area contributed by atoms with Gasteiger partial charge in [-0.1, -0.05) is 24.4 Å². The van der Waals surface area contributed by atoms with E-state index in [-0.39, 0.29) is 5.82 Å². The van der Waals surface area contributed by atoms with Crippen molar-refractivity contribution in [3.05, 3.63) is 30.1 Å². The lowest BCUT2D eigenvalue weighted by molar-refractivity contribution is 0.628. The van der Waals surface area contributed by atoms with Gasteiger partial charge in [-0.15, -0.1) is 0 Å². The molecule has 1 aromatic carbocycles. The van der Waals surface area contributed by atoms with Crippen molar-refractivity contribution in [2.75, 3.05) is 0 Å². The number of rotatable bonds is 1. The second-order valence-electron chi connectivity index (χ2n) is 1.84. The molecule has 0 aliphatic rings. The van der Waals surface area contributed by atoms with E-state index in [0.717, 1.165) is 5.46 Å². The van der Waals surface area contributed by atoms with E-state index in [9.17, 15) is 4.39 Å². The summed E-state index contributed by atoms with van der Waals surface area (Å²) < 4.78 is 12.2. The molecule has 0 aromatic heterocycles. The molecule has 0 heterocycles. The molecule has 0 spiro atoms. The molecule has 0 atom stereocenters. The van der Waals surface area contributed by atoms with Crippen LogP contribution < -0.4 is 5.46 Å². The predicted octanol–water partition coefficient (Wildman–Crippen LogP) is 1.20. The Bertz CT molecular complexity index is 181. The number of benzene rings is 1. The Kier molecular flexibility index (Phi) is 1.88. The molecule has 0 aliphatic carbocycles. The minimum Gasteiger partial charge on any atom is -0.207 e. The van der Waals surface area contributed by atoms with Crippen molar-refractivity contribution in [2.45, 2.75) is 6.82 Å². The fourth-order valence-electron chi connectivity index (χ4n) is 0.655. The van der Waals surface area contributed by atoms with E-state index in [0.29, 0.717) is 0 Å². The number of halogens is 1.